The number of aryl methyl sites for hydroxylation is 2. The normalized spacial score (nSPS) is 12.2. The number of halogens is 3. The van der Waals surface area contributed by atoms with Gasteiger partial charge in [0, 0.05) is 36.1 Å². The van der Waals surface area contributed by atoms with Crippen molar-refractivity contribution in [1.29, 1.82) is 10.8 Å². The van der Waals surface area contributed by atoms with E-state index in [2.05, 4.69) is 15.6 Å². The van der Waals surface area contributed by atoms with Crippen LogP contribution in [0.1, 0.15) is 71.2 Å². The number of carbonyl (C=O) groups is 3. The number of nitrogens with one attached hydrogen (secondary N) is 4. The van der Waals surface area contributed by atoms with Crippen molar-refractivity contribution in [1.82, 2.24) is 19.8 Å². The summed E-state index contributed by atoms with van der Waals surface area (Å²) in [7, 11) is 0. The molecule has 1 heterocycles. The standard InChI is InChI=1S/C36H46F3N7O7/c1-23-22-45(18-8-20-50-26-14-10-24(11-15-26)28(40)42-32(48)52-34(2,3)4)31(44-30(47)36(37,38)39)46(23)19-9-21-51-27-16-12-25(13-17-27)29(41)43-33(49)53-35(5,6)7/h10-17,22H,8-9,18-21H2,1-7H3,(H2,40,42,48)(H2,41,43,49)/b44-31+. The summed E-state index contributed by atoms with van der Waals surface area (Å²) in [6.45, 7) is 12.7. The zero-order chi connectivity index (χ0) is 39.6. The first-order valence-electron chi connectivity index (χ1n) is 16.7. The Bertz CT molecular complexity index is 1840. The van der Waals surface area contributed by atoms with Crippen molar-refractivity contribution in [3.8, 4) is 11.5 Å². The molecular weight excluding hydrogens is 699 g/mol. The molecule has 0 radical (unpaired) electrons. The van der Waals surface area contributed by atoms with Gasteiger partial charge in [-0.3, -0.25) is 26.2 Å². The van der Waals surface area contributed by atoms with E-state index in [1.54, 1.807) is 103 Å². The number of amides is 3. The Morgan fingerprint density at radius 2 is 1.13 bits per heavy atom. The SMILES string of the molecule is Cc1cn(CCCOc2ccc(C(=N)NC(=O)OC(C)(C)C)cc2)/c(=N\C(=O)C(F)(F)F)n1CCCOc1ccc(C(=N)NC(=O)OC(C)(C)C)cc1. The lowest BCUT2D eigenvalue weighted by molar-refractivity contribution is -0.169. The molecule has 0 fully saturated rings. The first kappa shape index (κ1) is 41.8. The second-order valence-corrected chi connectivity index (χ2v) is 13.8. The van der Waals surface area contributed by atoms with Crippen LogP contribution in [-0.4, -0.2) is 69.5 Å². The summed E-state index contributed by atoms with van der Waals surface area (Å²) in [5.74, 6) is -1.58. The van der Waals surface area contributed by atoms with Gasteiger partial charge in [-0.05, 0) is 110 Å². The number of ether oxygens (including phenoxy) is 4. The maximum absolute atomic E-state index is 13.2. The second kappa shape index (κ2) is 17.7. The van der Waals surface area contributed by atoms with Gasteiger partial charge in [0.15, 0.2) is 0 Å². The molecule has 4 N–H and O–H groups in total. The monoisotopic (exact) mass is 745 g/mol. The molecule has 3 aromatic rings. The topological polar surface area (TPSA) is 182 Å². The second-order valence-electron chi connectivity index (χ2n) is 13.8. The number of alkyl carbamates (subject to hydrolysis) is 2. The molecule has 0 aliphatic heterocycles. The lowest BCUT2D eigenvalue weighted by atomic mass is 10.2. The maximum Gasteiger partial charge on any atom is 0.473 e. The number of imidazole rings is 1. The van der Waals surface area contributed by atoms with Crippen LogP contribution >= 0.6 is 0 Å². The van der Waals surface area contributed by atoms with Gasteiger partial charge in [-0.15, -0.1) is 0 Å². The number of alkyl halides is 3. The van der Waals surface area contributed by atoms with Gasteiger partial charge in [-0.2, -0.15) is 18.2 Å². The molecule has 3 rings (SSSR count). The Kier molecular flexibility index (Phi) is 14.0. The van der Waals surface area contributed by atoms with Crippen molar-refractivity contribution < 1.29 is 46.5 Å². The lowest BCUT2D eigenvalue weighted by Crippen LogP contribution is -2.36. The average molecular weight is 746 g/mol. The summed E-state index contributed by atoms with van der Waals surface area (Å²) >= 11 is 0. The van der Waals surface area contributed by atoms with Crippen molar-refractivity contribution in [3.63, 3.8) is 0 Å². The minimum absolute atomic E-state index is 0.152. The van der Waals surface area contributed by atoms with E-state index >= 15 is 0 Å². The van der Waals surface area contributed by atoms with Crippen molar-refractivity contribution in [2.75, 3.05) is 13.2 Å². The van der Waals surface area contributed by atoms with Gasteiger partial charge in [0.2, 0.25) is 5.62 Å². The van der Waals surface area contributed by atoms with Gasteiger partial charge in [0.1, 0.15) is 34.4 Å². The molecule has 17 heteroatoms. The van der Waals surface area contributed by atoms with Crippen LogP contribution < -0.4 is 25.7 Å². The van der Waals surface area contributed by atoms with Gasteiger partial charge in [-0.1, -0.05) is 0 Å². The molecule has 0 saturated heterocycles. The molecule has 53 heavy (non-hydrogen) atoms. The van der Waals surface area contributed by atoms with Gasteiger partial charge in [0.05, 0.1) is 13.2 Å². The average Bonchev–Trinajstić information content (AvgIpc) is 3.32. The summed E-state index contributed by atoms with van der Waals surface area (Å²) in [6, 6.07) is 12.8. The molecule has 1 aromatic heterocycles. The molecule has 0 aliphatic carbocycles. The molecule has 0 spiro atoms. The number of rotatable bonds is 12. The fraction of sp³-hybridized carbons (Fsp3) is 0.444. The van der Waals surface area contributed by atoms with E-state index in [0.29, 0.717) is 41.2 Å². The van der Waals surface area contributed by atoms with E-state index in [0.717, 1.165) is 0 Å². The summed E-state index contributed by atoms with van der Waals surface area (Å²) < 4.78 is 64.5. The highest BCUT2D eigenvalue weighted by atomic mass is 19.4. The highest BCUT2D eigenvalue weighted by Crippen LogP contribution is 2.17. The van der Waals surface area contributed by atoms with Crippen molar-refractivity contribution >= 4 is 29.8 Å². The number of carbonyl (C=O) groups excluding carboxylic acids is 3. The predicted molar refractivity (Wildman–Crippen MR) is 189 cm³/mol. The maximum atomic E-state index is 13.2. The minimum atomic E-state index is -5.15. The number of amidine groups is 2. The van der Waals surface area contributed by atoms with Gasteiger partial charge >= 0.3 is 24.3 Å². The van der Waals surface area contributed by atoms with E-state index in [-0.39, 0.29) is 43.6 Å². The Morgan fingerprint density at radius 3 is 1.53 bits per heavy atom. The summed E-state index contributed by atoms with van der Waals surface area (Å²) in [5, 5.41) is 20.9. The molecule has 0 saturated carbocycles. The van der Waals surface area contributed by atoms with E-state index in [4.69, 9.17) is 29.8 Å². The first-order chi connectivity index (χ1) is 24.6. The van der Waals surface area contributed by atoms with Crippen LogP contribution in [0.5, 0.6) is 11.5 Å². The number of hydrogen-bond donors (Lipinski definition) is 4. The summed E-state index contributed by atoms with van der Waals surface area (Å²) in [4.78, 5) is 39.2. The zero-order valence-electron chi connectivity index (χ0n) is 30.8. The molecule has 0 atom stereocenters. The van der Waals surface area contributed by atoms with Crippen LogP contribution in [0.3, 0.4) is 0 Å². The van der Waals surface area contributed by atoms with Crippen LogP contribution in [-0.2, 0) is 27.4 Å². The Morgan fingerprint density at radius 1 is 0.717 bits per heavy atom. The third kappa shape index (κ3) is 14.1. The lowest BCUT2D eigenvalue weighted by Gasteiger charge is -2.19. The molecular formula is C36H46F3N7O7. The quantitative estimate of drug-likeness (QED) is 0.0964. The predicted octanol–water partition coefficient (Wildman–Crippen LogP) is 6.23. The number of nitrogens with zero attached hydrogens (tertiary/aromatic N) is 3. The van der Waals surface area contributed by atoms with Crippen molar-refractivity contribution in [3.05, 3.63) is 77.2 Å². The Balaban J connectivity index is 1.58. The van der Waals surface area contributed by atoms with E-state index in [1.165, 1.54) is 9.13 Å². The number of hydrogen-bond acceptors (Lipinski definition) is 9. The largest absolute Gasteiger partial charge is 0.494 e. The minimum Gasteiger partial charge on any atom is -0.494 e. The smallest absolute Gasteiger partial charge is 0.473 e. The van der Waals surface area contributed by atoms with E-state index < -0.39 is 35.5 Å². The Labute approximate surface area is 305 Å². The summed E-state index contributed by atoms with van der Waals surface area (Å²) in [5.41, 5.74) is -0.163. The van der Waals surface area contributed by atoms with E-state index in [1.807, 2.05) is 0 Å². The highest BCUT2D eigenvalue weighted by Gasteiger charge is 2.39. The molecule has 2 aromatic carbocycles. The fourth-order valence-corrected chi connectivity index (χ4v) is 4.61. The van der Waals surface area contributed by atoms with Crippen molar-refractivity contribution in [2.45, 2.75) is 91.8 Å². The van der Waals surface area contributed by atoms with Crippen LogP contribution in [0.2, 0.25) is 0 Å². The Hall–Kier alpha value is -5.61. The summed E-state index contributed by atoms with van der Waals surface area (Å²) in [6.07, 6.45) is -4.32. The highest BCUT2D eigenvalue weighted by molar-refractivity contribution is 6.05. The van der Waals surface area contributed by atoms with Crippen LogP contribution in [0, 0.1) is 17.7 Å². The van der Waals surface area contributed by atoms with Gasteiger partial charge < -0.3 is 28.1 Å². The van der Waals surface area contributed by atoms with E-state index in [9.17, 15) is 27.6 Å². The van der Waals surface area contributed by atoms with Crippen LogP contribution in [0.15, 0.2) is 59.7 Å². The zero-order valence-corrected chi connectivity index (χ0v) is 30.8. The third-order valence-electron chi connectivity index (χ3n) is 6.86. The molecule has 3 amide bonds. The first-order valence-corrected chi connectivity index (χ1v) is 16.7. The molecule has 14 nitrogen and oxygen atoms in total. The van der Waals surface area contributed by atoms with Crippen molar-refractivity contribution in [2.24, 2.45) is 4.99 Å². The molecule has 0 unspecified atom stereocenters. The number of benzene rings is 2. The third-order valence-corrected chi connectivity index (χ3v) is 6.86. The van der Waals surface area contributed by atoms with Gasteiger partial charge in [0.25, 0.3) is 0 Å². The van der Waals surface area contributed by atoms with Crippen LogP contribution in [0.4, 0.5) is 22.8 Å². The van der Waals surface area contributed by atoms with Crippen LogP contribution in [0.25, 0.3) is 0 Å². The molecule has 0 aliphatic rings. The fourth-order valence-electron chi connectivity index (χ4n) is 4.61. The molecule has 0 bridgehead atoms. The molecule has 288 valence electrons. The van der Waals surface area contributed by atoms with Gasteiger partial charge in [-0.25, -0.2) is 9.59 Å². The number of aromatic nitrogens is 2.